The number of hydrogen-bond acceptors (Lipinski definition) is 4. The van der Waals surface area contributed by atoms with Gasteiger partial charge in [-0.1, -0.05) is 24.3 Å². The van der Waals surface area contributed by atoms with Crippen LogP contribution in [0, 0.1) is 0 Å². The van der Waals surface area contributed by atoms with Crippen molar-refractivity contribution in [2.75, 3.05) is 20.3 Å². The number of methoxy groups -OCH3 is 1. The molecule has 0 aliphatic carbocycles. The van der Waals surface area contributed by atoms with Crippen LogP contribution in [0.2, 0.25) is 0 Å². The molecule has 1 amide bonds. The van der Waals surface area contributed by atoms with Gasteiger partial charge in [0.1, 0.15) is 5.75 Å². The summed E-state index contributed by atoms with van der Waals surface area (Å²) in [6, 6.07) is 11.7. The van der Waals surface area contributed by atoms with Crippen molar-refractivity contribution < 1.29 is 14.3 Å². The van der Waals surface area contributed by atoms with Crippen LogP contribution >= 0.6 is 11.3 Å². The van der Waals surface area contributed by atoms with Gasteiger partial charge in [0.2, 0.25) is 5.91 Å². The van der Waals surface area contributed by atoms with E-state index in [1.165, 1.54) is 4.88 Å². The lowest BCUT2D eigenvalue weighted by Crippen LogP contribution is -2.35. The van der Waals surface area contributed by atoms with Gasteiger partial charge in [-0.25, -0.2) is 0 Å². The van der Waals surface area contributed by atoms with E-state index < -0.39 is 0 Å². The molecule has 0 saturated carbocycles. The van der Waals surface area contributed by atoms with Gasteiger partial charge < -0.3 is 14.4 Å². The predicted octanol–water partition coefficient (Wildman–Crippen LogP) is 3.98. The number of ether oxygens (including phenoxy) is 2. The number of carbonyl (C=O) groups is 1. The number of para-hydroxylation sites is 1. The van der Waals surface area contributed by atoms with Crippen LogP contribution in [0.4, 0.5) is 0 Å². The summed E-state index contributed by atoms with van der Waals surface area (Å²) in [5, 5.41) is 2.04. The van der Waals surface area contributed by atoms with Crippen molar-refractivity contribution in [3.05, 3.63) is 58.3 Å². The molecule has 3 rings (SSSR count). The second-order valence-corrected chi connectivity index (χ2v) is 7.04. The van der Waals surface area contributed by atoms with E-state index in [9.17, 15) is 4.79 Å². The van der Waals surface area contributed by atoms with Gasteiger partial charge in [-0.05, 0) is 36.4 Å². The number of hydrogen-bond donors (Lipinski definition) is 0. The first-order chi connectivity index (χ1) is 12.3. The highest BCUT2D eigenvalue weighted by Gasteiger charge is 2.22. The SMILES string of the molecule is COc1ccccc1/C=C/C(=O)N(Cc1cccs1)CC1CCCO1. The van der Waals surface area contributed by atoms with Crippen molar-refractivity contribution >= 4 is 23.3 Å². The predicted molar refractivity (Wildman–Crippen MR) is 101 cm³/mol. The lowest BCUT2D eigenvalue weighted by Gasteiger charge is -2.24. The smallest absolute Gasteiger partial charge is 0.246 e. The Balaban J connectivity index is 1.71. The Morgan fingerprint density at radius 2 is 2.24 bits per heavy atom. The molecule has 1 fully saturated rings. The van der Waals surface area contributed by atoms with Crippen molar-refractivity contribution in [1.82, 2.24) is 4.90 Å². The van der Waals surface area contributed by atoms with Crippen molar-refractivity contribution in [3.8, 4) is 5.75 Å². The van der Waals surface area contributed by atoms with Gasteiger partial charge in [-0.3, -0.25) is 4.79 Å². The molecule has 1 aromatic heterocycles. The van der Waals surface area contributed by atoms with Crippen LogP contribution in [0.3, 0.4) is 0 Å². The normalized spacial score (nSPS) is 17.1. The third kappa shape index (κ3) is 4.94. The molecule has 0 radical (unpaired) electrons. The summed E-state index contributed by atoms with van der Waals surface area (Å²) < 4.78 is 11.1. The fourth-order valence-corrected chi connectivity index (χ4v) is 3.65. The average molecular weight is 357 g/mol. The molecule has 132 valence electrons. The zero-order valence-corrected chi connectivity index (χ0v) is 15.2. The first kappa shape index (κ1) is 17.7. The molecule has 1 aliphatic heterocycles. The molecule has 1 unspecified atom stereocenters. The number of benzene rings is 1. The van der Waals surface area contributed by atoms with E-state index >= 15 is 0 Å². The van der Waals surface area contributed by atoms with Crippen molar-refractivity contribution in [1.29, 1.82) is 0 Å². The quantitative estimate of drug-likeness (QED) is 0.704. The van der Waals surface area contributed by atoms with Gasteiger partial charge in [0.05, 0.1) is 19.8 Å². The second-order valence-electron chi connectivity index (χ2n) is 6.01. The lowest BCUT2D eigenvalue weighted by molar-refractivity contribution is -0.128. The molecular weight excluding hydrogens is 334 g/mol. The Bertz CT molecular complexity index is 705. The van der Waals surface area contributed by atoms with Gasteiger partial charge in [-0.2, -0.15) is 0 Å². The van der Waals surface area contributed by atoms with E-state index in [0.717, 1.165) is 30.8 Å². The molecule has 5 heteroatoms. The number of carbonyl (C=O) groups excluding carboxylic acids is 1. The molecule has 1 saturated heterocycles. The topological polar surface area (TPSA) is 38.8 Å². The number of amides is 1. The maximum absolute atomic E-state index is 12.8. The average Bonchev–Trinajstić information content (AvgIpc) is 3.33. The van der Waals surface area contributed by atoms with Gasteiger partial charge in [0, 0.05) is 29.7 Å². The summed E-state index contributed by atoms with van der Waals surface area (Å²) >= 11 is 1.67. The monoisotopic (exact) mass is 357 g/mol. The molecule has 0 N–H and O–H groups in total. The van der Waals surface area contributed by atoms with Gasteiger partial charge in [0.25, 0.3) is 0 Å². The number of thiophene rings is 1. The van der Waals surface area contributed by atoms with Gasteiger partial charge in [-0.15, -0.1) is 11.3 Å². The van der Waals surface area contributed by atoms with Crippen LogP contribution in [0.5, 0.6) is 5.75 Å². The highest BCUT2D eigenvalue weighted by atomic mass is 32.1. The summed E-state index contributed by atoms with van der Waals surface area (Å²) in [6.07, 6.45) is 5.68. The molecule has 1 aromatic carbocycles. The first-order valence-corrected chi connectivity index (χ1v) is 9.38. The largest absolute Gasteiger partial charge is 0.496 e. The molecule has 1 aliphatic rings. The number of rotatable bonds is 7. The summed E-state index contributed by atoms with van der Waals surface area (Å²) in [4.78, 5) is 15.8. The molecule has 2 heterocycles. The van der Waals surface area contributed by atoms with Crippen molar-refractivity contribution in [2.45, 2.75) is 25.5 Å². The maximum atomic E-state index is 12.8. The minimum absolute atomic E-state index is 0.00481. The summed E-state index contributed by atoms with van der Waals surface area (Å²) in [6.45, 7) is 2.04. The lowest BCUT2D eigenvalue weighted by atomic mass is 10.1. The molecule has 4 nitrogen and oxygen atoms in total. The highest BCUT2D eigenvalue weighted by molar-refractivity contribution is 7.09. The van der Waals surface area contributed by atoms with Crippen LogP contribution in [-0.2, 0) is 16.1 Å². The molecule has 0 spiro atoms. The van der Waals surface area contributed by atoms with Crippen LogP contribution < -0.4 is 4.74 Å². The van der Waals surface area contributed by atoms with Crippen molar-refractivity contribution in [2.24, 2.45) is 0 Å². The third-order valence-electron chi connectivity index (χ3n) is 4.23. The van der Waals surface area contributed by atoms with E-state index in [0.29, 0.717) is 13.1 Å². The highest BCUT2D eigenvalue weighted by Crippen LogP contribution is 2.20. The van der Waals surface area contributed by atoms with Crippen LogP contribution in [-0.4, -0.2) is 37.2 Å². The Morgan fingerprint density at radius 1 is 1.36 bits per heavy atom. The first-order valence-electron chi connectivity index (χ1n) is 8.50. The second kappa shape index (κ2) is 8.83. The minimum atomic E-state index is -0.00481. The van der Waals surface area contributed by atoms with E-state index in [4.69, 9.17) is 9.47 Å². The molecule has 25 heavy (non-hydrogen) atoms. The van der Waals surface area contributed by atoms with Gasteiger partial charge in [0.15, 0.2) is 0 Å². The molecule has 2 aromatic rings. The zero-order chi connectivity index (χ0) is 17.5. The Morgan fingerprint density at radius 3 is 2.96 bits per heavy atom. The summed E-state index contributed by atoms with van der Waals surface area (Å²) in [7, 11) is 1.63. The maximum Gasteiger partial charge on any atom is 0.246 e. The Kier molecular flexibility index (Phi) is 6.25. The van der Waals surface area contributed by atoms with Crippen LogP contribution in [0.1, 0.15) is 23.3 Å². The van der Waals surface area contributed by atoms with Crippen LogP contribution in [0.25, 0.3) is 6.08 Å². The molecular formula is C20H23NO3S. The van der Waals surface area contributed by atoms with Gasteiger partial charge >= 0.3 is 0 Å². The fraction of sp³-hybridized carbons (Fsp3) is 0.350. The number of nitrogens with zero attached hydrogens (tertiary/aromatic N) is 1. The van der Waals surface area contributed by atoms with E-state index in [1.54, 1.807) is 24.5 Å². The molecule has 0 bridgehead atoms. The van der Waals surface area contributed by atoms with Crippen LogP contribution in [0.15, 0.2) is 47.9 Å². The Hall–Kier alpha value is -2.11. The summed E-state index contributed by atoms with van der Waals surface area (Å²) in [5.74, 6) is 0.755. The van der Waals surface area contributed by atoms with E-state index in [2.05, 4.69) is 6.07 Å². The molecule has 1 atom stereocenters. The Labute approximate surface area is 152 Å². The standard InChI is InChI=1S/C20H23NO3S/c1-23-19-9-3-2-6-16(19)10-11-20(22)21(14-17-7-4-12-24-17)15-18-8-5-13-25-18/h2-3,5-6,8-11,13,17H,4,7,12,14-15H2,1H3/b11-10+. The fourth-order valence-electron chi connectivity index (χ4n) is 2.93. The summed E-state index contributed by atoms with van der Waals surface area (Å²) in [5.41, 5.74) is 0.895. The van der Waals surface area contributed by atoms with E-state index in [-0.39, 0.29) is 12.0 Å². The minimum Gasteiger partial charge on any atom is -0.496 e. The zero-order valence-electron chi connectivity index (χ0n) is 14.4. The van der Waals surface area contributed by atoms with E-state index in [1.807, 2.05) is 46.7 Å². The van der Waals surface area contributed by atoms with Crippen molar-refractivity contribution in [3.63, 3.8) is 0 Å². The third-order valence-corrected chi connectivity index (χ3v) is 5.09.